The summed E-state index contributed by atoms with van der Waals surface area (Å²) in [5.74, 6) is -1.49. The maximum atomic E-state index is 9.37. The van der Waals surface area contributed by atoms with Crippen molar-refractivity contribution in [3.05, 3.63) is 98.8 Å². The summed E-state index contributed by atoms with van der Waals surface area (Å²) in [7, 11) is 1.86. The molecule has 4 rings (SSSR count). The van der Waals surface area contributed by atoms with E-state index in [-0.39, 0.29) is 27.7 Å². The number of carbonyl (C=O) groups is 2. The first-order chi connectivity index (χ1) is 14.5. The number of fused-ring (bicyclic) bond motifs is 3. The van der Waals surface area contributed by atoms with Crippen molar-refractivity contribution >= 4 is 19.6 Å². The third kappa shape index (κ3) is 14.7. The van der Waals surface area contributed by atoms with Crippen LogP contribution in [0.2, 0.25) is 0 Å². The van der Waals surface area contributed by atoms with Crippen molar-refractivity contribution in [1.82, 2.24) is 0 Å². The first-order valence-corrected chi connectivity index (χ1v) is 13.6. The van der Waals surface area contributed by atoms with Crippen LogP contribution in [0.4, 0.5) is 0 Å². The third-order valence-electron chi connectivity index (χ3n) is 3.81. The van der Waals surface area contributed by atoms with Crippen molar-refractivity contribution in [3.8, 4) is 11.1 Å². The molecule has 0 aromatic heterocycles. The van der Waals surface area contributed by atoms with Crippen LogP contribution in [-0.2, 0) is 35.2 Å². The van der Waals surface area contributed by atoms with Gasteiger partial charge >= 0.3 is 38.7 Å². The van der Waals surface area contributed by atoms with E-state index in [1.54, 1.807) is 13.8 Å². The van der Waals surface area contributed by atoms with E-state index in [4.69, 9.17) is 10.2 Å². The molecule has 0 heterocycles. The molecular weight excluding hydrogens is 452 g/mol. The fourth-order valence-electron chi connectivity index (χ4n) is 2.34. The molecule has 0 aliphatic heterocycles. The first-order valence-electron chi connectivity index (χ1n) is 9.58. The molecule has 0 saturated carbocycles. The summed E-state index contributed by atoms with van der Waals surface area (Å²) in [6.07, 6.45) is 11.5. The van der Waals surface area contributed by atoms with Gasteiger partial charge < -0.3 is 25.1 Å². The van der Waals surface area contributed by atoms with Gasteiger partial charge in [0.15, 0.2) is 0 Å². The summed E-state index contributed by atoms with van der Waals surface area (Å²) in [6, 6.07) is 18.1. The maximum absolute atomic E-state index is 9.37. The van der Waals surface area contributed by atoms with Crippen molar-refractivity contribution in [3.63, 3.8) is 0 Å². The number of hydrogen-bond acceptors (Lipinski definition) is 2. The van der Waals surface area contributed by atoms with Crippen LogP contribution in [0.15, 0.2) is 60.7 Å². The van der Waals surface area contributed by atoms with Crippen LogP contribution < -0.4 is 0 Å². The summed E-state index contributed by atoms with van der Waals surface area (Å²) in [6.45, 7) is 3.20. The van der Waals surface area contributed by atoms with Gasteiger partial charge in [0.2, 0.25) is 0 Å². The Morgan fingerprint density at radius 1 is 0.969 bits per heavy atom. The van der Waals surface area contributed by atoms with Gasteiger partial charge in [-0.1, -0.05) is 49.2 Å². The zero-order chi connectivity index (χ0) is 22.8. The molecule has 32 heavy (non-hydrogen) atoms. The van der Waals surface area contributed by atoms with Crippen LogP contribution in [0.1, 0.15) is 44.2 Å². The molecule has 0 bridgehead atoms. The molecule has 174 valence electrons. The van der Waals surface area contributed by atoms with Gasteiger partial charge in [-0.15, -0.1) is 12.0 Å². The van der Waals surface area contributed by atoms with Crippen LogP contribution in [-0.4, -0.2) is 29.8 Å². The zero-order valence-corrected chi connectivity index (χ0v) is 22.5. The second-order valence-corrected chi connectivity index (χ2v) is 5.89. The molecule has 2 N–H and O–H groups in total. The number of carboxylic acid groups (broad SMARTS) is 2. The molecule has 0 atom stereocenters. The van der Waals surface area contributed by atoms with Gasteiger partial charge in [-0.25, -0.2) is 12.2 Å². The van der Waals surface area contributed by atoms with Crippen molar-refractivity contribution in [1.29, 1.82) is 0 Å². The van der Waals surface area contributed by atoms with E-state index < -0.39 is 11.9 Å². The largest absolute Gasteiger partial charge is 0.179 e. The maximum Gasteiger partial charge on any atom is -0.0253 e. The smallest absolute Gasteiger partial charge is 0.0253 e. The third-order valence-corrected chi connectivity index (χ3v) is 3.81. The monoisotopic (exact) mass is 486 g/mol. The summed E-state index contributed by atoms with van der Waals surface area (Å²) >= 11 is 2.03. The van der Waals surface area contributed by atoms with E-state index >= 15 is 0 Å². The first kappa shape index (κ1) is 34.4. The fraction of sp³-hybridized carbons (Fsp3) is 0.231. The predicted octanol–water partition coefficient (Wildman–Crippen LogP) is 5.31. The van der Waals surface area contributed by atoms with Gasteiger partial charge in [-0.2, -0.15) is 35.9 Å². The minimum absolute atomic E-state index is 0. The molecule has 0 unspecified atom stereocenters. The molecule has 2 aliphatic rings. The molecule has 0 fully saturated rings. The fourth-order valence-corrected chi connectivity index (χ4v) is 2.34. The summed E-state index contributed by atoms with van der Waals surface area (Å²) in [4.78, 5) is 18.7. The second kappa shape index (κ2) is 22.0. The molecular formula is C26H34O4SiTi-4. The number of rotatable bonds is 2. The Kier molecular flexibility index (Phi) is 23.7. The van der Waals surface area contributed by atoms with Crippen molar-refractivity contribution in [2.24, 2.45) is 0 Å². The molecule has 6 heteroatoms. The van der Waals surface area contributed by atoms with E-state index in [0.717, 1.165) is 12.8 Å². The number of aliphatic carboxylic acids is 2. The zero-order valence-electron chi connectivity index (χ0n) is 19.5. The molecule has 0 spiro atoms. The van der Waals surface area contributed by atoms with Crippen LogP contribution in [0.25, 0.3) is 11.1 Å². The average molecular weight is 487 g/mol. The second-order valence-electron chi connectivity index (χ2n) is 5.89. The van der Waals surface area contributed by atoms with E-state index in [1.165, 1.54) is 22.3 Å². The number of carboxylic acids is 2. The molecule has 2 aromatic carbocycles. The van der Waals surface area contributed by atoms with Crippen molar-refractivity contribution in [2.45, 2.75) is 39.5 Å². The number of hydrogen-bond donors (Lipinski definition) is 2. The molecule has 0 radical (unpaired) electrons. The van der Waals surface area contributed by atoms with Crippen LogP contribution >= 0.6 is 0 Å². The van der Waals surface area contributed by atoms with Gasteiger partial charge in [0.1, 0.15) is 0 Å². The standard InChI is InChI=1S/C13H9.C5H5.2C3H6O2.2CH3.H2Si.Ti/c1-3-7-12-10(5-1)9-11-6-2-4-8-13(11)12;1-2-4-5-3-1;2*1-2-3(4)5;;;;/h1-5,7-8H,9H2;1-3H,4H2;2*2H2,1H3,(H,4,5);2*1H3;1H2;/q2*-1;;;2*-1;;. The Hall–Kier alpha value is -2.21. The SMILES string of the molecule is CCC(=O)O.CCC(=O)O.[C-]1=CC=CC1.[CH3-].[CH3-].[SiH2]=[Ti].[c-]1cccc2c1Cc1ccccc1-2. The van der Waals surface area contributed by atoms with E-state index in [9.17, 15) is 9.59 Å². The quantitative estimate of drug-likeness (QED) is 0.381. The minimum atomic E-state index is -0.745. The molecule has 2 aliphatic carbocycles. The molecule has 0 amide bonds. The Bertz CT molecular complexity index is 780. The minimum Gasteiger partial charge on any atom is -0.179 e. The van der Waals surface area contributed by atoms with E-state index in [2.05, 4.69) is 54.6 Å². The van der Waals surface area contributed by atoms with Gasteiger partial charge in [0, 0.05) is 12.8 Å². The topological polar surface area (TPSA) is 74.6 Å². The molecule has 0 saturated heterocycles. The Labute approximate surface area is 207 Å². The summed E-state index contributed by atoms with van der Waals surface area (Å²) < 4.78 is 0. The Morgan fingerprint density at radius 2 is 1.50 bits per heavy atom. The number of benzene rings is 2. The van der Waals surface area contributed by atoms with Gasteiger partial charge in [-0.05, 0) is 6.42 Å². The van der Waals surface area contributed by atoms with Crippen LogP contribution in [0.5, 0.6) is 0 Å². The predicted molar refractivity (Wildman–Crippen MR) is 132 cm³/mol. The normalized spacial score (nSPS) is 10.2. The Balaban J connectivity index is -0.000000378. The van der Waals surface area contributed by atoms with Gasteiger partial charge in [-0.3, -0.25) is 15.7 Å². The summed E-state index contributed by atoms with van der Waals surface area (Å²) in [5, 5.41) is 15.4. The van der Waals surface area contributed by atoms with Crippen LogP contribution in [0, 0.1) is 27.0 Å². The Morgan fingerprint density at radius 3 is 1.94 bits per heavy atom. The van der Waals surface area contributed by atoms with Crippen molar-refractivity contribution < 1.29 is 39.0 Å². The summed E-state index contributed by atoms with van der Waals surface area (Å²) in [5.41, 5.74) is 5.51. The van der Waals surface area contributed by atoms with Gasteiger partial charge in [0.25, 0.3) is 0 Å². The van der Waals surface area contributed by atoms with Gasteiger partial charge in [0.05, 0.1) is 0 Å². The van der Waals surface area contributed by atoms with Crippen molar-refractivity contribution in [2.75, 3.05) is 0 Å². The molecule has 2 aromatic rings. The van der Waals surface area contributed by atoms with E-state index in [1.807, 2.05) is 45.0 Å². The van der Waals surface area contributed by atoms with Crippen LogP contribution in [0.3, 0.4) is 0 Å². The molecule has 4 nitrogen and oxygen atoms in total. The van der Waals surface area contributed by atoms with E-state index in [0.29, 0.717) is 0 Å². The number of allylic oxidation sites excluding steroid dienone is 4. The average Bonchev–Trinajstić information content (AvgIpc) is 3.47.